The zero-order valence-electron chi connectivity index (χ0n) is 15.4. The van der Waals surface area contributed by atoms with Crippen LogP contribution >= 0.6 is 23.2 Å². The fourth-order valence-corrected chi connectivity index (χ4v) is 3.23. The number of phenols is 1. The van der Waals surface area contributed by atoms with Crippen LogP contribution in [-0.4, -0.2) is 21.8 Å². The second-order valence-electron chi connectivity index (χ2n) is 6.38. The van der Waals surface area contributed by atoms with E-state index < -0.39 is 11.5 Å². The summed E-state index contributed by atoms with van der Waals surface area (Å²) in [6, 6.07) is 13.8. The fourth-order valence-electron chi connectivity index (χ4n) is 2.73. The highest BCUT2D eigenvalue weighted by molar-refractivity contribution is 6.37. The molecule has 2 aromatic carbocycles. The van der Waals surface area contributed by atoms with Crippen molar-refractivity contribution in [2.45, 2.75) is 13.5 Å². The number of halogens is 2. The average Bonchev–Trinajstić information content (AvgIpc) is 2.67. The Bertz CT molecular complexity index is 1130. The summed E-state index contributed by atoms with van der Waals surface area (Å²) in [6.07, 6.45) is 2.94. The van der Waals surface area contributed by atoms with E-state index in [9.17, 15) is 14.7 Å². The summed E-state index contributed by atoms with van der Waals surface area (Å²) in [7, 11) is 0. The Hall–Kier alpha value is -3.09. The molecule has 0 atom stereocenters. The lowest BCUT2D eigenvalue weighted by Crippen LogP contribution is -2.30. The molecular weight excluding hydrogens is 413 g/mol. The van der Waals surface area contributed by atoms with E-state index in [-0.39, 0.29) is 21.4 Å². The van der Waals surface area contributed by atoms with Crippen LogP contribution in [0, 0.1) is 6.92 Å². The molecule has 0 aliphatic carbocycles. The molecule has 6 nitrogen and oxygen atoms in total. The molecule has 0 bridgehead atoms. The molecule has 0 aliphatic heterocycles. The predicted molar refractivity (Wildman–Crippen MR) is 114 cm³/mol. The molecule has 0 spiro atoms. The van der Waals surface area contributed by atoms with Gasteiger partial charge in [0.05, 0.1) is 22.8 Å². The van der Waals surface area contributed by atoms with Crippen LogP contribution in [-0.2, 0) is 6.54 Å². The van der Waals surface area contributed by atoms with E-state index in [0.717, 1.165) is 11.1 Å². The van der Waals surface area contributed by atoms with Crippen LogP contribution < -0.4 is 11.0 Å². The number of nitrogens with one attached hydrogen (secondary N) is 1. The number of carbonyl (C=O) groups is 1. The number of hydrogen-bond acceptors (Lipinski definition) is 4. The van der Waals surface area contributed by atoms with Crippen molar-refractivity contribution in [3.63, 3.8) is 0 Å². The highest BCUT2D eigenvalue weighted by atomic mass is 35.5. The first kappa shape index (κ1) is 20.6. The van der Waals surface area contributed by atoms with E-state index in [1.807, 2.05) is 31.2 Å². The molecule has 0 aliphatic rings. The van der Waals surface area contributed by atoms with E-state index >= 15 is 0 Å². The summed E-state index contributed by atoms with van der Waals surface area (Å²) in [5.41, 5.74) is 4.39. The number of amides is 1. The van der Waals surface area contributed by atoms with Crippen LogP contribution in [0.4, 0.5) is 0 Å². The molecule has 2 N–H and O–H groups in total. The number of hydrazone groups is 1. The Balaban J connectivity index is 1.75. The predicted octanol–water partition coefficient (Wildman–Crippen LogP) is 3.98. The van der Waals surface area contributed by atoms with Crippen LogP contribution in [0.15, 0.2) is 64.6 Å². The van der Waals surface area contributed by atoms with Gasteiger partial charge in [-0.15, -0.1) is 0 Å². The molecule has 3 rings (SSSR count). The van der Waals surface area contributed by atoms with Crippen LogP contribution in [0.5, 0.6) is 5.75 Å². The fraction of sp³-hybridized carbons (Fsp3) is 0.0952. The van der Waals surface area contributed by atoms with Gasteiger partial charge in [0.15, 0.2) is 5.75 Å². The van der Waals surface area contributed by atoms with Gasteiger partial charge in [-0.25, -0.2) is 5.43 Å². The number of aromatic hydroxyl groups is 1. The van der Waals surface area contributed by atoms with Crippen molar-refractivity contribution in [3.8, 4) is 5.75 Å². The third-order valence-corrected chi connectivity index (χ3v) is 4.70. The molecule has 0 saturated heterocycles. The summed E-state index contributed by atoms with van der Waals surface area (Å²) in [5, 5.41) is 13.5. The Kier molecular flexibility index (Phi) is 6.36. The van der Waals surface area contributed by atoms with Gasteiger partial charge < -0.3 is 9.67 Å². The Morgan fingerprint density at radius 3 is 2.59 bits per heavy atom. The molecule has 29 heavy (non-hydrogen) atoms. The zero-order chi connectivity index (χ0) is 21.0. The molecule has 1 aromatic heterocycles. The van der Waals surface area contributed by atoms with E-state index in [2.05, 4.69) is 10.5 Å². The van der Waals surface area contributed by atoms with E-state index in [1.165, 1.54) is 29.0 Å². The van der Waals surface area contributed by atoms with Crippen LogP contribution in [0.25, 0.3) is 0 Å². The number of aromatic nitrogens is 1. The van der Waals surface area contributed by atoms with Crippen molar-refractivity contribution >= 4 is 35.3 Å². The van der Waals surface area contributed by atoms with Gasteiger partial charge in [-0.3, -0.25) is 9.59 Å². The Morgan fingerprint density at radius 2 is 1.90 bits per heavy atom. The molecule has 0 fully saturated rings. The number of phenolic OH excluding ortho intramolecular Hbond substituents is 1. The van der Waals surface area contributed by atoms with Crippen molar-refractivity contribution in [2.24, 2.45) is 5.10 Å². The van der Waals surface area contributed by atoms with Gasteiger partial charge in [0.25, 0.3) is 11.5 Å². The third-order valence-electron chi connectivity index (χ3n) is 4.12. The standard InChI is InChI=1S/C21H17Cl2N3O3/c1-13-4-2-5-14(8-13)12-26-7-3-6-16(21(26)29)20(28)25-24-11-15-9-17(22)19(27)18(23)10-15/h2-11,27H,12H2,1H3,(H,25,28)/b24-11-. The van der Waals surface area contributed by atoms with Crippen molar-refractivity contribution in [2.75, 3.05) is 0 Å². The Labute approximate surface area is 177 Å². The van der Waals surface area contributed by atoms with Crippen molar-refractivity contribution < 1.29 is 9.90 Å². The lowest BCUT2D eigenvalue weighted by molar-refractivity contribution is 0.0953. The van der Waals surface area contributed by atoms with Gasteiger partial charge in [0, 0.05) is 6.20 Å². The highest BCUT2D eigenvalue weighted by Gasteiger charge is 2.12. The normalized spacial score (nSPS) is 11.0. The Morgan fingerprint density at radius 1 is 1.17 bits per heavy atom. The molecule has 1 heterocycles. The minimum absolute atomic E-state index is 0.0286. The van der Waals surface area contributed by atoms with E-state index in [0.29, 0.717) is 12.1 Å². The number of benzene rings is 2. The molecule has 148 valence electrons. The SMILES string of the molecule is Cc1cccc(Cn2cccc(C(=O)N/N=C\c3cc(Cl)c(O)c(Cl)c3)c2=O)c1. The van der Waals surface area contributed by atoms with Gasteiger partial charge in [-0.1, -0.05) is 53.0 Å². The van der Waals surface area contributed by atoms with Crippen molar-refractivity contribution in [1.82, 2.24) is 9.99 Å². The van der Waals surface area contributed by atoms with Gasteiger partial charge in [-0.05, 0) is 42.3 Å². The summed E-state index contributed by atoms with van der Waals surface area (Å²) >= 11 is 11.7. The molecule has 8 heteroatoms. The zero-order valence-corrected chi connectivity index (χ0v) is 16.9. The highest BCUT2D eigenvalue weighted by Crippen LogP contribution is 2.32. The monoisotopic (exact) mass is 429 g/mol. The van der Waals surface area contributed by atoms with Crippen LogP contribution in [0.3, 0.4) is 0 Å². The third kappa shape index (κ3) is 5.04. The molecule has 3 aromatic rings. The molecular formula is C21H17Cl2N3O3. The van der Waals surface area contributed by atoms with Gasteiger partial charge >= 0.3 is 0 Å². The number of hydrogen-bond donors (Lipinski definition) is 2. The maximum Gasteiger partial charge on any atom is 0.276 e. The average molecular weight is 430 g/mol. The number of pyridine rings is 1. The summed E-state index contributed by atoms with van der Waals surface area (Å²) in [5.74, 6) is -0.867. The van der Waals surface area contributed by atoms with Gasteiger partial charge in [0.2, 0.25) is 0 Å². The van der Waals surface area contributed by atoms with E-state index in [4.69, 9.17) is 23.2 Å². The first-order chi connectivity index (χ1) is 13.8. The molecule has 0 saturated carbocycles. The number of nitrogens with zero attached hydrogens (tertiary/aromatic N) is 2. The smallest absolute Gasteiger partial charge is 0.276 e. The summed E-state index contributed by atoms with van der Waals surface area (Å²) in [6.45, 7) is 2.33. The molecule has 0 radical (unpaired) electrons. The minimum atomic E-state index is -0.638. The maximum atomic E-state index is 12.6. The summed E-state index contributed by atoms with van der Waals surface area (Å²) < 4.78 is 1.47. The second-order valence-corrected chi connectivity index (χ2v) is 7.19. The lowest BCUT2D eigenvalue weighted by Gasteiger charge is -2.08. The first-order valence-electron chi connectivity index (χ1n) is 8.61. The first-order valence-corrected chi connectivity index (χ1v) is 9.37. The van der Waals surface area contributed by atoms with Crippen LogP contribution in [0.2, 0.25) is 10.0 Å². The number of rotatable bonds is 5. The number of carbonyl (C=O) groups excluding carboxylic acids is 1. The van der Waals surface area contributed by atoms with Gasteiger partial charge in [-0.2, -0.15) is 5.10 Å². The van der Waals surface area contributed by atoms with Crippen LogP contribution in [0.1, 0.15) is 27.0 Å². The van der Waals surface area contributed by atoms with Crippen molar-refractivity contribution in [1.29, 1.82) is 0 Å². The largest absolute Gasteiger partial charge is 0.505 e. The van der Waals surface area contributed by atoms with E-state index in [1.54, 1.807) is 12.3 Å². The molecule has 0 unspecified atom stereocenters. The quantitative estimate of drug-likeness (QED) is 0.475. The summed E-state index contributed by atoms with van der Waals surface area (Å²) in [4.78, 5) is 25.0. The molecule has 1 amide bonds. The lowest BCUT2D eigenvalue weighted by atomic mass is 10.1. The maximum absolute atomic E-state index is 12.6. The number of aryl methyl sites for hydroxylation is 1. The van der Waals surface area contributed by atoms with Gasteiger partial charge in [0.1, 0.15) is 5.56 Å². The minimum Gasteiger partial charge on any atom is -0.505 e. The topological polar surface area (TPSA) is 83.7 Å². The van der Waals surface area contributed by atoms with Crippen molar-refractivity contribution in [3.05, 3.63) is 97.4 Å². The second kappa shape index (κ2) is 8.94.